The van der Waals surface area contributed by atoms with Crippen LogP contribution in [0.25, 0.3) is 0 Å². The molecule has 1 fully saturated rings. The van der Waals surface area contributed by atoms with Crippen molar-refractivity contribution in [1.82, 2.24) is 63.4 Å². The smallest absolute Gasteiger partial charge is 0.326 e. The molecule has 24 N–H and O–H groups in total. The molecule has 1 aliphatic rings. The number of aliphatic hydroxyl groups excluding tert-OH is 1. The molecule has 1 aliphatic heterocycles. The zero-order valence-corrected chi connectivity index (χ0v) is 47.2. The Kier molecular flexibility index (Phi) is 33.6. The summed E-state index contributed by atoms with van der Waals surface area (Å²) in [6.45, 7) is 3.97. The average molecular weight is 1160 g/mol. The molecule has 9 amide bonds. The molecule has 0 spiro atoms. The first kappa shape index (κ1) is 70.1. The molecule has 9 atom stereocenters. The van der Waals surface area contributed by atoms with Crippen molar-refractivity contribution in [2.24, 2.45) is 28.9 Å². The molecule has 0 saturated carbocycles. The van der Waals surface area contributed by atoms with Gasteiger partial charge in [-0.15, -0.1) is 0 Å². The van der Waals surface area contributed by atoms with Gasteiger partial charge in [0, 0.05) is 26.2 Å². The lowest BCUT2D eigenvalue weighted by molar-refractivity contribution is -0.145. The lowest BCUT2D eigenvalue weighted by Crippen LogP contribution is -2.61. The Hall–Kier alpha value is -6.87. The summed E-state index contributed by atoms with van der Waals surface area (Å²) >= 11 is 2.74. The molecule has 0 aromatic carbocycles. The molecule has 31 nitrogen and oxygen atoms in total. The summed E-state index contributed by atoms with van der Waals surface area (Å²) in [5.41, 5.74) is 21.6. The highest BCUT2D eigenvalue weighted by Crippen LogP contribution is 2.21. The van der Waals surface area contributed by atoms with Gasteiger partial charge in [0.2, 0.25) is 53.2 Å². The second kappa shape index (κ2) is 37.9. The third kappa shape index (κ3) is 27.5. The van der Waals surface area contributed by atoms with Gasteiger partial charge in [0.15, 0.2) is 17.9 Å². The maximum atomic E-state index is 14.3. The topological polar surface area (TPSA) is 522 Å². The first-order valence-corrected chi connectivity index (χ1v) is 28.6. The van der Waals surface area contributed by atoms with E-state index in [1.54, 1.807) is 26.4 Å². The minimum Gasteiger partial charge on any atom is -0.480 e. The second-order valence-corrected chi connectivity index (χ2v) is 20.8. The van der Waals surface area contributed by atoms with Crippen molar-refractivity contribution in [2.75, 3.05) is 63.3 Å². The number of nitrogens with zero attached hydrogens (tertiary/aromatic N) is 1. The Labute approximate surface area is 468 Å². The molecule has 0 aromatic rings. The largest absolute Gasteiger partial charge is 0.480 e. The molecular formula is C46H85N19O12S2. The predicted octanol–water partition coefficient (Wildman–Crippen LogP) is -6.14. The number of nitrogens with two attached hydrogens (primary N) is 4. The zero-order valence-electron chi connectivity index (χ0n) is 45.6. The highest BCUT2D eigenvalue weighted by atomic mass is 32.2. The van der Waals surface area contributed by atoms with E-state index in [-0.39, 0.29) is 102 Å². The molecule has 1 saturated heterocycles. The van der Waals surface area contributed by atoms with E-state index in [0.29, 0.717) is 17.9 Å². The van der Waals surface area contributed by atoms with E-state index in [0.717, 1.165) is 0 Å². The van der Waals surface area contributed by atoms with Gasteiger partial charge in [-0.05, 0) is 101 Å². The van der Waals surface area contributed by atoms with Gasteiger partial charge in [-0.3, -0.25) is 59.4 Å². The fourth-order valence-corrected chi connectivity index (χ4v) is 8.70. The van der Waals surface area contributed by atoms with Crippen LogP contribution in [-0.2, 0) is 47.9 Å². The Morgan fingerprint density at radius 1 is 0.582 bits per heavy atom. The number of likely N-dealkylation sites (tertiary alicyclic amines) is 1. The summed E-state index contributed by atoms with van der Waals surface area (Å²) < 4.78 is 0. The number of carbonyl (C=O) groups excluding carboxylic acids is 9. The van der Waals surface area contributed by atoms with Crippen LogP contribution < -0.4 is 81.4 Å². The number of guanidine groups is 3. The van der Waals surface area contributed by atoms with Crippen molar-refractivity contribution >= 4 is 101 Å². The number of aliphatic hydroxyl groups is 1. The van der Waals surface area contributed by atoms with E-state index < -0.39 is 133 Å². The molecular weight excluding hydrogens is 1070 g/mol. The highest BCUT2D eigenvalue weighted by Gasteiger charge is 2.41. The van der Waals surface area contributed by atoms with E-state index in [9.17, 15) is 53.1 Å². The van der Waals surface area contributed by atoms with Crippen molar-refractivity contribution in [1.29, 1.82) is 16.2 Å². The lowest BCUT2D eigenvalue weighted by Gasteiger charge is -2.32. The van der Waals surface area contributed by atoms with Gasteiger partial charge in [-0.25, -0.2) is 4.79 Å². The van der Waals surface area contributed by atoms with Crippen LogP contribution in [0, 0.1) is 22.1 Å². The summed E-state index contributed by atoms with van der Waals surface area (Å²) in [5, 5.41) is 69.5. The van der Waals surface area contributed by atoms with Gasteiger partial charge in [-0.2, -0.15) is 23.5 Å². The molecule has 33 heteroatoms. The monoisotopic (exact) mass is 1160 g/mol. The summed E-state index contributed by atoms with van der Waals surface area (Å²) in [4.78, 5) is 136. The number of aliphatic carboxylic acids is 1. The molecule has 0 aromatic heterocycles. The Morgan fingerprint density at radius 2 is 1.00 bits per heavy atom. The van der Waals surface area contributed by atoms with E-state index >= 15 is 0 Å². The van der Waals surface area contributed by atoms with E-state index in [1.165, 1.54) is 35.3 Å². The number of carbonyl (C=O) groups is 10. The van der Waals surface area contributed by atoms with Crippen LogP contribution in [0.15, 0.2) is 0 Å². The number of nitrogens with one attached hydrogen (secondary N) is 14. The molecule has 1 rings (SSSR count). The lowest BCUT2D eigenvalue weighted by atomic mass is 10.0. The van der Waals surface area contributed by atoms with Crippen molar-refractivity contribution in [3.05, 3.63) is 0 Å². The van der Waals surface area contributed by atoms with Gasteiger partial charge in [-0.1, -0.05) is 13.8 Å². The quantitative estimate of drug-likeness (QED) is 0.0155. The Balaban J connectivity index is 3.42. The number of carboxylic acids is 1. The van der Waals surface area contributed by atoms with Crippen LogP contribution in [0.3, 0.4) is 0 Å². The van der Waals surface area contributed by atoms with E-state index in [4.69, 9.17) is 44.3 Å². The van der Waals surface area contributed by atoms with Crippen molar-refractivity contribution in [2.45, 2.75) is 139 Å². The minimum absolute atomic E-state index is 0.0147. The van der Waals surface area contributed by atoms with Crippen LogP contribution in [0.4, 0.5) is 0 Å². The number of hydrogen-bond acceptors (Lipinski definition) is 17. The molecule has 79 heavy (non-hydrogen) atoms. The third-order valence-electron chi connectivity index (χ3n) is 12.1. The Bertz CT molecular complexity index is 2090. The Morgan fingerprint density at radius 3 is 1.41 bits per heavy atom. The van der Waals surface area contributed by atoms with Crippen LogP contribution in [-0.4, -0.2) is 210 Å². The van der Waals surface area contributed by atoms with Crippen molar-refractivity contribution in [3.63, 3.8) is 0 Å². The van der Waals surface area contributed by atoms with Gasteiger partial charge in [0.25, 0.3) is 0 Å². The number of carboxylic acid groups (broad SMARTS) is 1. The summed E-state index contributed by atoms with van der Waals surface area (Å²) in [7, 11) is 0. The molecule has 0 radical (unpaired) electrons. The maximum Gasteiger partial charge on any atom is 0.326 e. The molecule has 1 heterocycles. The van der Waals surface area contributed by atoms with Crippen LogP contribution in [0.2, 0.25) is 0 Å². The van der Waals surface area contributed by atoms with Crippen molar-refractivity contribution in [3.8, 4) is 0 Å². The zero-order chi connectivity index (χ0) is 59.8. The predicted molar refractivity (Wildman–Crippen MR) is 298 cm³/mol. The van der Waals surface area contributed by atoms with Crippen LogP contribution >= 0.6 is 23.5 Å². The van der Waals surface area contributed by atoms with Crippen molar-refractivity contribution < 1.29 is 58.2 Å². The van der Waals surface area contributed by atoms with Gasteiger partial charge in [0.05, 0.1) is 13.2 Å². The minimum atomic E-state index is -1.37. The summed E-state index contributed by atoms with van der Waals surface area (Å²) in [6.07, 6.45) is 4.80. The number of rotatable bonds is 38. The number of hydrogen-bond donors (Lipinski definition) is 20. The van der Waals surface area contributed by atoms with Gasteiger partial charge < -0.3 is 96.5 Å². The van der Waals surface area contributed by atoms with E-state index in [2.05, 4.69) is 58.5 Å². The molecule has 448 valence electrons. The first-order valence-electron chi connectivity index (χ1n) is 25.8. The normalized spacial score (nSPS) is 15.9. The van der Waals surface area contributed by atoms with Gasteiger partial charge in [0.1, 0.15) is 54.4 Å². The molecule has 0 bridgehead atoms. The molecule has 0 unspecified atom stereocenters. The fourth-order valence-electron chi connectivity index (χ4n) is 7.76. The highest BCUT2D eigenvalue weighted by molar-refractivity contribution is 7.98. The average Bonchev–Trinajstić information content (AvgIpc) is 3.90. The van der Waals surface area contributed by atoms with Crippen LogP contribution in [0.1, 0.15) is 85.0 Å². The maximum absolute atomic E-state index is 14.3. The summed E-state index contributed by atoms with van der Waals surface area (Å²) in [6, 6.07) is -11.3. The standard InChI is InChI=1S/C46H85N19O12S2/c1-24(2)34(42(75)65-19-9-13-32(65)41(74)63-31(43(76)77)12-8-18-56-46(52)53)64-40(73)30(15-21-79-5)62-39(72)29(14-20-78-4)61-38(71)28(11-7-17-55-45(50)51)60-37(70)27(10-6-16-54-44(48)49)59-35(68)25(3)58-33(67)22-57-36(69)26(47)23-66/h24-32,34,66H,6-23,47H2,1-5H3,(H,57,69)(H,58,67)(H,59,68)(H,60,70)(H,61,71)(H,62,72)(H,63,74)(H,64,73)(H,76,77)(H4,48,49,54)(H4,50,51,55)(H4,52,53,56)/t25-,26-,27-,28-,29-,30-,31-,32-,34-/m0/s1. The fraction of sp³-hybridized carbons (Fsp3) is 0.717. The van der Waals surface area contributed by atoms with E-state index in [1.807, 2.05) is 0 Å². The van der Waals surface area contributed by atoms with Crippen LogP contribution in [0.5, 0.6) is 0 Å². The number of thioether (sulfide) groups is 2. The number of amides is 9. The third-order valence-corrected chi connectivity index (χ3v) is 13.4. The van der Waals surface area contributed by atoms with Gasteiger partial charge >= 0.3 is 5.97 Å². The molecule has 0 aliphatic carbocycles. The second-order valence-electron chi connectivity index (χ2n) is 18.9. The summed E-state index contributed by atoms with van der Waals surface area (Å²) in [5.74, 6) is -9.00. The SMILES string of the molecule is CSCC[C@H](NC(=O)[C@H](CCCNC(=N)N)NC(=O)[C@H](CCCNC(=N)N)NC(=O)[C@H](C)NC(=O)CNC(=O)[C@@H](N)CO)C(=O)N[C@@H](CCSC)C(=O)N[C@H](C(=O)N1CCC[C@H]1C(=O)N[C@@H](CCCNC(=N)N)C(=O)O)C(C)C. The first-order chi connectivity index (χ1) is 37.3.